The van der Waals surface area contributed by atoms with Crippen molar-refractivity contribution in [1.82, 2.24) is 5.32 Å². The summed E-state index contributed by atoms with van der Waals surface area (Å²) >= 11 is 1.78. The highest BCUT2D eigenvalue weighted by Gasteiger charge is 2.25. The molecule has 86 valence electrons. The Kier molecular flexibility index (Phi) is 3.88. The standard InChI is InChI=1S/C13H17NOS/c1-16-13-4-2-3-10(8-13)11-5-6-12(7-11)14-9-15/h2-4,8-9,11-12H,5-7H2,1H3,(H,14,15). The molecule has 0 bridgehead atoms. The molecule has 0 aliphatic heterocycles. The zero-order chi connectivity index (χ0) is 11.4. The maximum absolute atomic E-state index is 10.4. The van der Waals surface area contributed by atoms with Crippen molar-refractivity contribution in [3.8, 4) is 0 Å². The first-order chi connectivity index (χ1) is 7.83. The molecule has 2 nitrogen and oxygen atoms in total. The van der Waals surface area contributed by atoms with Gasteiger partial charge in [-0.2, -0.15) is 0 Å². The van der Waals surface area contributed by atoms with E-state index < -0.39 is 0 Å². The number of carbonyl (C=O) groups excluding carboxylic acids is 1. The molecule has 2 rings (SSSR count). The van der Waals surface area contributed by atoms with Crippen molar-refractivity contribution < 1.29 is 4.79 Å². The van der Waals surface area contributed by atoms with E-state index in [1.165, 1.54) is 16.9 Å². The Morgan fingerprint density at radius 2 is 2.31 bits per heavy atom. The molecule has 1 aliphatic carbocycles. The molecule has 2 atom stereocenters. The van der Waals surface area contributed by atoms with E-state index in [-0.39, 0.29) is 0 Å². The summed E-state index contributed by atoms with van der Waals surface area (Å²) in [6, 6.07) is 9.12. The predicted octanol–water partition coefficient (Wildman–Crippen LogP) is 2.79. The number of thioether (sulfide) groups is 1. The molecule has 0 saturated heterocycles. The van der Waals surface area contributed by atoms with Crippen molar-refractivity contribution in [1.29, 1.82) is 0 Å². The molecule has 1 aromatic rings. The average molecular weight is 235 g/mol. The Morgan fingerprint density at radius 1 is 1.44 bits per heavy atom. The van der Waals surface area contributed by atoms with Gasteiger partial charge in [-0.1, -0.05) is 12.1 Å². The molecule has 16 heavy (non-hydrogen) atoms. The molecule has 1 fully saturated rings. The van der Waals surface area contributed by atoms with Crippen molar-refractivity contribution in [2.45, 2.75) is 36.1 Å². The minimum absolute atomic E-state index is 0.375. The van der Waals surface area contributed by atoms with Crippen LogP contribution in [0.2, 0.25) is 0 Å². The highest BCUT2D eigenvalue weighted by Crippen LogP contribution is 2.35. The van der Waals surface area contributed by atoms with Gasteiger partial charge in [0, 0.05) is 10.9 Å². The second-order valence-electron chi connectivity index (χ2n) is 4.27. The van der Waals surface area contributed by atoms with E-state index in [4.69, 9.17) is 0 Å². The van der Waals surface area contributed by atoms with Crippen LogP contribution in [0.1, 0.15) is 30.7 Å². The lowest BCUT2D eigenvalue weighted by Gasteiger charge is -2.12. The van der Waals surface area contributed by atoms with Crippen LogP contribution in [0.15, 0.2) is 29.2 Å². The van der Waals surface area contributed by atoms with Gasteiger partial charge in [0.15, 0.2) is 0 Å². The van der Waals surface area contributed by atoms with Crippen molar-refractivity contribution >= 4 is 18.2 Å². The second kappa shape index (κ2) is 5.39. The summed E-state index contributed by atoms with van der Waals surface area (Å²) in [7, 11) is 0. The van der Waals surface area contributed by atoms with Gasteiger partial charge in [0.05, 0.1) is 0 Å². The lowest BCUT2D eigenvalue weighted by atomic mass is 9.97. The third-order valence-corrected chi connectivity index (χ3v) is 4.03. The Balaban J connectivity index is 2.05. The Hall–Kier alpha value is -0.960. The summed E-state index contributed by atoms with van der Waals surface area (Å²) in [4.78, 5) is 11.7. The summed E-state index contributed by atoms with van der Waals surface area (Å²) in [5.41, 5.74) is 1.42. The Morgan fingerprint density at radius 3 is 3.06 bits per heavy atom. The number of hydrogen-bond acceptors (Lipinski definition) is 2. The maximum atomic E-state index is 10.4. The average Bonchev–Trinajstić information content (AvgIpc) is 2.78. The fraction of sp³-hybridized carbons (Fsp3) is 0.462. The fourth-order valence-electron chi connectivity index (χ4n) is 2.43. The largest absolute Gasteiger partial charge is 0.356 e. The second-order valence-corrected chi connectivity index (χ2v) is 5.15. The van der Waals surface area contributed by atoms with Gasteiger partial charge in [0.2, 0.25) is 6.41 Å². The van der Waals surface area contributed by atoms with Crippen LogP contribution in [0, 0.1) is 0 Å². The highest BCUT2D eigenvalue weighted by atomic mass is 32.2. The predicted molar refractivity (Wildman–Crippen MR) is 67.8 cm³/mol. The minimum atomic E-state index is 0.375. The molecule has 0 spiro atoms. The number of benzene rings is 1. The quantitative estimate of drug-likeness (QED) is 0.642. The van der Waals surface area contributed by atoms with Crippen LogP contribution < -0.4 is 5.32 Å². The van der Waals surface area contributed by atoms with Gasteiger partial charge < -0.3 is 5.32 Å². The fourth-order valence-corrected chi connectivity index (χ4v) is 2.90. The monoisotopic (exact) mass is 235 g/mol. The van der Waals surface area contributed by atoms with Gasteiger partial charge in [-0.3, -0.25) is 4.79 Å². The van der Waals surface area contributed by atoms with Crippen LogP contribution in [0.3, 0.4) is 0 Å². The lowest BCUT2D eigenvalue weighted by Crippen LogP contribution is -2.24. The number of nitrogens with one attached hydrogen (secondary N) is 1. The molecule has 0 radical (unpaired) electrons. The molecule has 0 aromatic heterocycles. The summed E-state index contributed by atoms with van der Waals surface area (Å²) in [5, 5.41) is 2.89. The van der Waals surface area contributed by atoms with E-state index >= 15 is 0 Å². The molecular formula is C13H17NOS. The smallest absolute Gasteiger partial charge is 0.207 e. The molecule has 1 amide bonds. The van der Waals surface area contributed by atoms with E-state index in [9.17, 15) is 4.79 Å². The van der Waals surface area contributed by atoms with Crippen LogP contribution in [-0.2, 0) is 4.79 Å². The van der Waals surface area contributed by atoms with Crippen LogP contribution in [0.4, 0.5) is 0 Å². The van der Waals surface area contributed by atoms with Crippen molar-refractivity contribution in [2.75, 3.05) is 6.26 Å². The molecule has 1 N–H and O–H groups in total. The number of hydrogen-bond donors (Lipinski definition) is 1. The van der Waals surface area contributed by atoms with E-state index in [0.717, 1.165) is 19.3 Å². The highest BCUT2D eigenvalue weighted by molar-refractivity contribution is 7.98. The summed E-state index contributed by atoms with van der Waals surface area (Å²) in [6.07, 6.45) is 6.29. The Labute approximate surface area is 101 Å². The van der Waals surface area contributed by atoms with E-state index in [0.29, 0.717) is 12.0 Å². The van der Waals surface area contributed by atoms with Crippen LogP contribution in [-0.4, -0.2) is 18.7 Å². The van der Waals surface area contributed by atoms with E-state index in [2.05, 4.69) is 35.8 Å². The summed E-state index contributed by atoms with van der Waals surface area (Å²) in [6.45, 7) is 0. The molecule has 1 aromatic carbocycles. The maximum Gasteiger partial charge on any atom is 0.207 e. The first-order valence-corrected chi connectivity index (χ1v) is 6.89. The number of rotatable bonds is 4. The van der Waals surface area contributed by atoms with E-state index in [1.54, 1.807) is 11.8 Å². The summed E-state index contributed by atoms with van der Waals surface area (Å²) in [5.74, 6) is 0.615. The topological polar surface area (TPSA) is 29.1 Å². The first kappa shape index (κ1) is 11.5. The van der Waals surface area contributed by atoms with Gasteiger partial charge in [0.1, 0.15) is 0 Å². The zero-order valence-corrected chi connectivity index (χ0v) is 10.3. The first-order valence-electron chi connectivity index (χ1n) is 5.67. The van der Waals surface area contributed by atoms with Crippen molar-refractivity contribution in [2.24, 2.45) is 0 Å². The Bertz CT molecular complexity index is 367. The molecule has 1 aliphatic rings. The van der Waals surface area contributed by atoms with E-state index in [1.807, 2.05) is 0 Å². The molecule has 1 saturated carbocycles. The normalized spacial score (nSPS) is 24.3. The van der Waals surface area contributed by atoms with Crippen molar-refractivity contribution in [3.63, 3.8) is 0 Å². The van der Waals surface area contributed by atoms with Gasteiger partial charge in [0.25, 0.3) is 0 Å². The molecular weight excluding hydrogens is 218 g/mol. The number of amides is 1. The van der Waals surface area contributed by atoms with Crippen LogP contribution >= 0.6 is 11.8 Å². The molecule has 2 unspecified atom stereocenters. The van der Waals surface area contributed by atoms with Crippen molar-refractivity contribution in [3.05, 3.63) is 29.8 Å². The molecule has 3 heteroatoms. The van der Waals surface area contributed by atoms with Crippen LogP contribution in [0.5, 0.6) is 0 Å². The zero-order valence-electron chi connectivity index (χ0n) is 9.48. The summed E-state index contributed by atoms with van der Waals surface area (Å²) < 4.78 is 0. The van der Waals surface area contributed by atoms with Gasteiger partial charge >= 0.3 is 0 Å². The lowest BCUT2D eigenvalue weighted by molar-refractivity contribution is -0.110. The molecule has 0 heterocycles. The SMILES string of the molecule is CSc1cccc(C2CCC(NC=O)C2)c1. The van der Waals surface area contributed by atoms with Gasteiger partial charge in [-0.05, 0) is 49.1 Å². The minimum Gasteiger partial charge on any atom is -0.356 e. The van der Waals surface area contributed by atoms with Gasteiger partial charge in [-0.15, -0.1) is 11.8 Å². The third-order valence-electron chi connectivity index (χ3n) is 3.30. The van der Waals surface area contributed by atoms with Gasteiger partial charge in [-0.25, -0.2) is 0 Å². The number of carbonyl (C=O) groups is 1. The van der Waals surface area contributed by atoms with Crippen LogP contribution in [0.25, 0.3) is 0 Å². The third kappa shape index (κ3) is 2.59.